The topological polar surface area (TPSA) is 61.8 Å². The van der Waals surface area contributed by atoms with Crippen LogP contribution in [-0.4, -0.2) is 50.3 Å². The standard InChI is InChI=1S/C13H20N2O3/c1-14-11(13(16)17)12(15(2)3)9-6-5-7-10(8-9)18-4/h5-8,11-12,14H,1-4H3,(H,16,17). The molecule has 0 bridgehead atoms. The molecule has 0 aliphatic rings. The van der Waals surface area contributed by atoms with Gasteiger partial charge >= 0.3 is 5.97 Å². The Bertz CT molecular complexity index is 407. The minimum atomic E-state index is -0.876. The predicted molar refractivity (Wildman–Crippen MR) is 69.9 cm³/mol. The lowest BCUT2D eigenvalue weighted by molar-refractivity contribution is -0.141. The lowest BCUT2D eigenvalue weighted by Gasteiger charge is -2.30. The van der Waals surface area contributed by atoms with Crippen molar-refractivity contribution in [2.75, 3.05) is 28.3 Å². The number of methoxy groups -OCH3 is 1. The molecule has 1 aromatic rings. The molecular formula is C13H20N2O3. The molecule has 2 N–H and O–H groups in total. The molecule has 0 radical (unpaired) electrons. The fraction of sp³-hybridized carbons (Fsp3) is 0.462. The Kier molecular flexibility index (Phi) is 5.12. The third-order valence-electron chi connectivity index (χ3n) is 2.88. The van der Waals surface area contributed by atoms with Crippen LogP contribution in [0.5, 0.6) is 5.75 Å². The van der Waals surface area contributed by atoms with E-state index in [1.807, 2.05) is 43.3 Å². The Morgan fingerprint density at radius 3 is 2.56 bits per heavy atom. The minimum Gasteiger partial charge on any atom is -0.497 e. The maximum absolute atomic E-state index is 11.3. The molecule has 0 amide bonds. The summed E-state index contributed by atoms with van der Waals surface area (Å²) in [5, 5.41) is 12.1. The Labute approximate surface area is 107 Å². The third-order valence-corrected chi connectivity index (χ3v) is 2.88. The molecule has 100 valence electrons. The van der Waals surface area contributed by atoms with Crippen molar-refractivity contribution in [2.45, 2.75) is 12.1 Å². The van der Waals surface area contributed by atoms with E-state index in [9.17, 15) is 9.90 Å². The van der Waals surface area contributed by atoms with E-state index in [2.05, 4.69) is 5.32 Å². The number of rotatable bonds is 6. The average molecular weight is 252 g/mol. The van der Waals surface area contributed by atoms with Crippen molar-refractivity contribution in [2.24, 2.45) is 0 Å². The van der Waals surface area contributed by atoms with E-state index in [4.69, 9.17) is 4.74 Å². The van der Waals surface area contributed by atoms with Gasteiger partial charge in [-0.1, -0.05) is 12.1 Å². The number of hydrogen-bond donors (Lipinski definition) is 2. The van der Waals surface area contributed by atoms with Gasteiger partial charge in [0.05, 0.1) is 13.2 Å². The molecule has 1 aromatic carbocycles. The van der Waals surface area contributed by atoms with Crippen LogP contribution in [0.25, 0.3) is 0 Å². The van der Waals surface area contributed by atoms with Crippen LogP contribution in [0.2, 0.25) is 0 Å². The number of ether oxygens (including phenoxy) is 1. The Hall–Kier alpha value is -1.59. The van der Waals surface area contributed by atoms with Crippen LogP contribution in [0.1, 0.15) is 11.6 Å². The largest absolute Gasteiger partial charge is 0.497 e. The minimum absolute atomic E-state index is 0.261. The maximum atomic E-state index is 11.3. The van der Waals surface area contributed by atoms with E-state index in [1.54, 1.807) is 14.2 Å². The molecule has 0 saturated heterocycles. The smallest absolute Gasteiger partial charge is 0.322 e. The second-order valence-electron chi connectivity index (χ2n) is 4.29. The van der Waals surface area contributed by atoms with Gasteiger partial charge in [0.25, 0.3) is 0 Å². The highest BCUT2D eigenvalue weighted by molar-refractivity contribution is 5.74. The van der Waals surface area contributed by atoms with Crippen molar-refractivity contribution in [3.8, 4) is 5.75 Å². The van der Waals surface area contributed by atoms with Gasteiger partial charge in [0.15, 0.2) is 0 Å². The second-order valence-corrected chi connectivity index (χ2v) is 4.29. The zero-order valence-electron chi connectivity index (χ0n) is 11.2. The number of hydrogen-bond acceptors (Lipinski definition) is 4. The lowest BCUT2D eigenvalue weighted by atomic mass is 9.98. The van der Waals surface area contributed by atoms with Crippen LogP contribution >= 0.6 is 0 Å². The van der Waals surface area contributed by atoms with Crippen LogP contribution in [0.15, 0.2) is 24.3 Å². The van der Waals surface area contributed by atoms with Gasteiger partial charge in [-0.25, -0.2) is 0 Å². The predicted octanol–water partition coefficient (Wildman–Crippen LogP) is 0.970. The number of aliphatic carboxylic acids is 1. The van der Waals surface area contributed by atoms with Crippen LogP contribution in [0.4, 0.5) is 0 Å². The molecule has 0 saturated carbocycles. The van der Waals surface area contributed by atoms with Gasteiger partial charge in [-0.05, 0) is 38.8 Å². The number of carboxylic acids is 1. The molecule has 18 heavy (non-hydrogen) atoms. The molecule has 1 rings (SSSR count). The van der Waals surface area contributed by atoms with Gasteiger partial charge in [0.1, 0.15) is 11.8 Å². The molecular weight excluding hydrogens is 232 g/mol. The van der Waals surface area contributed by atoms with Gasteiger partial charge in [0.2, 0.25) is 0 Å². The average Bonchev–Trinajstić information content (AvgIpc) is 2.34. The van der Waals surface area contributed by atoms with Crippen LogP contribution < -0.4 is 10.1 Å². The van der Waals surface area contributed by atoms with Crippen molar-refractivity contribution in [3.63, 3.8) is 0 Å². The molecule has 0 fully saturated rings. The number of nitrogens with one attached hydrogen (secondary N) is 1. The van der Waals surface area contributed by atoms with Gasteiger partial charge in [-0.2, -0.15) is 0 Å². The monoisotopic (exact) mass is 252 g/mol. The Morgan fingerprint density at radius 1 is 1.44 bits per heavy atom. The van der Waals surface area contributed by atoms with Gasteiger partial charge in [-0.3, -0.25) is 4.79 Å². The van der Waals surface area contributed by atoms with E-state index in [1.165, 1.54) is 0 Å². The van der Waals surface area contributed by atoms with E-state index in [0.717, 1.165) is 11.3 Å². The summed E-state index contributed by atoms with van der Waals surface area (Å²) in [6.45, 7) is 0. The van der Waals surface area contributed by atoms with Crippen molar-refractivity contribution >= 4 is 5.97 Å². The summed E-state index contributed by atoms with van der Waals surface area (Å²) in [6.07, 6.45) is 0. The quantitative estimate of drug-likeness (QED) is 0.790. The van der Waals surface area contributed by atoms with Crippen molar-refractivity contribution in [1.29, 1.82) is 0 Å². The van der Waals surface area contributed by atoms with E-state index in [0.29, 0.717) is 0 Å². The molecule has 5 nitrogen and oxygen atoms in total. The Balaban J connectivity index is 3.14. The number of carboxylic acid groups (broad SMARTS) is 1. The molecule has 0 aliphatic carbocycles. The zero-order valence-corrected chi connectivity index (χ0v) is 11.2. The van der Waals surface area contributed by atoms with E-state index >= 15 is 0 Å². The normalized spacial score (nSPS) is 14.3. The van der Waals surface area contributed by atoms with Crippen LogP contribution in [-0.2, 0) is 4.79 Å². The highest BCUT2D eigenvalue weighted by Crippen LogP contribution is 2.25. The lowest BCUT2D eigenvalue weighted by Crippen LogP contribution is -2.45. The SMILES string of the molecule is CNC(C(=O)O)C(c1cccc(OC)c1)N(C)C. The highest BCUT2D eigenvalue weighted by Gasteiger charge is 2.29. The summed E-state index contributed by atoms with van der Waals surface area (Å²) >= 11 is 0. The molecule has 0 aromatic heterocycles. The summed E-state index contributed by atoms with van der Waals surface area (Å²) in [5.74, 6) is -0.154. The number of carbonyl (C=O) groups is 1. The summed E-state index contributed by atoms with van der Waals surface area (Å²) in [6, 6.07) is 6.53. The van der Waals surface area contributed by atoms with E-state index < -0.39 is 12.0 Å². The molecule has 0 aliphatic heterocycles. The molecule has 2 unspecified atom stereocenters. The van der Waals surface area contributed by atoms with Gasteiger partial charge in [0, 0.05) is 0 Å². The fourth-order valence-corrected chi connectivity index (χ4v) is 2.03. The number of benzene rings is 1. The third kappa shape index (κ3) is 3.21. The molecule has 5 heteroatoms. The highest BCUT2D eigenvalue weighted by atomic mass is 16.5. The van der Waals surface area contributed by atoms with Crippen molar-refractivity contribution in [3.05, 3.63) is 29.8 Å². The van der Waals surface area contributed by atoms with Crippen LogP contribution in [0, 0.1) is 0 Å². The van der Waals surface area contributed by atoms with Gasteiger partial charge < -0.3 is 20.1 Å². The summed E-state index contributed by atoms with van der Waals surface area (Å²) in [7, 11) is 6.96. The van der Waals surface area contributed by atoms with E-state index in [-0.39, 0.29) is 6.04 Å². The van der Waals surface area contributed by atoms with Gasteiger partial charge in [-0.15, -0.1) is 0 Å². The summed E-state index contributed by atoms with van der Waals surface area (Å²) < 4.78 is 5.17. The second kappa shape index (κ2) is 6.37. The molecule has 0 spiro atoms. The fourth-order valence-electron chi connectivity index (χ4n) is 2.03. The summed E-state index contributed by atoms with van der Waals surface area (Å²) in [5.41, 5.74) is 0.904. The molecule has 2 atom stereocenters. The first-order valence-corrected chi connectivity index (χ1v) is 5.71. The molecule has 0 heterocycles. The first kappa shape index (κ1) is 14.5. The first-order valence-electron chi connectivity index (χ1n) is 5.71. The van der Waals surface area contributed by atoms with Crippen LogP contribution in [0.3, 0.4) is 0 Å². The number of nitrogens with zero attached hydrogens (tertiary/aromatic N) is 1. The Morgan fingerprint density at radius 2 is 2.11 bits per heavy atom. The van der Waals surface area contributed by atoms with Crippen molar-refractivity contribution in [1.82, 2.24) is 10.2 Å². The maximum Gasteiger partial charge on any atom is 0.322 e. The zero-order chi connectivity index (χ0) is 13.7. The number of likely N-dealkylation sites (N-methyl/N-ethyl adjacent to an activating group) is 2. The first-order chi connectivity index (χ1) is 8.51. The van der Waals surface area contributed by atoms with Crippen molar-refractivity contribution < 1.29 is 14.6 Å². The summed E-state index contributed by atoms with van der Waals surface area (Å²) in [4.78, 5) is 13.2.